The number of hydrogen-bond donors (Lipinski definition) is 4. The van der Waals surface area contributed by atoms with Crippen LogP contribution in [0.3, 0.4) is 0 Å². The highest BCUT2D eigenvalue weighted by Crippen LogP contribution is 2.54. The number of hydrogen-bond acceptors (Lipinski definition) is 10. The van der Waals surface area contributed by atoms with Crippen molar-refractivity contribution in [3.63, 3.8) is 0 Å². The van der Waals surface area contributed by atoms with Gasteiger partial charge in [0.15, 0.2) is 5.54 Å². The van der Waals surface area contributed by atoms with Gasteiger partial charge in [-0.05, 0) is 54.5 Å². The smallest absolute Gasteiger partial charge is 0.413 e. The fourth-order valence-corrected chi connectivity index (χ4v) is 5.63. The molecule has 0 unspecified atom stereocenters. The van der Waals surface area contributed by atoms with Crippen molar-refractivity contribution in [3.05, 3.63) is 83.1 Å². The van der Waals surface area contributed by atoms with Crippen molar-refractivity contribution in [2.24, 2.45) is 5.41 Å². The van der Waals surface area contributed by atoms with Crippen molar-refractivity contribution in [1.82, 2.24) is 25.9 Å². The molecule has 3 heterocycles. The number of hydrazine groups is 2. The van der Waals surface area contributed by atoms with Crippen LogP contribution in [0.15, 0.2) is 65.3 Å². The minimum Gasteiger partial charge on any atom is -0.445 e. The van der Waals surface area contributed by atoms with Crippen LogP contribution in [0.2, 0.25) is 0 Å². The summed E-state index contributed by atoms with van der Waals surface area (Å²) in [5.41, 5.74) is 8.33. The van der Waals surface area contributed by atoms with Crippen molar-refractivity contribution >= 4 is 22.3 Å². The second-order valence-electron chi connectivity index (χ2n) is 12.8. The molecule has 2 aliphatic rings. The van der Waals surface area contributed by atoms with E-state index < -0.39 is 17.8 Å². The third-order valence-electron chi connectivity index (χ3n) is 8.28. The van der Waals surface area contributed by atoms with Crippen LogP contribution in [0.1, 0.15) is 61.9 Å². The van der Waals surface area contributed by atoms with E-state index in [4.69, 9.17) is 4.42 Å². The van der Waals surface area contributed by atoms with E-state index in [1.165, 1.54) is 18.7 Å². The summed E-state index contributed by atoms with van der Waals surface area (Å²) >= 11 is 0. The molecule has 2 aromatic carbocycles. The first-order chi connectivity index (χ1) is 21.8. The lowest BCUT2D eigenvalue weighted by Crippen LogP contribution is -2.52. The zero-order valence-electron chi connectivity index (χ0n) is 25.7. The molecule has 0 bridgehead atoms. The summed E-state index contributed by atoms with van der Waals surface area (Å²) < 4.78 is 47.7. The van der Waals surface area contributed by atoms with Gasteiger partial charge in [-0.2, -0.15) is 23.7 Å². The first kappa shape index (κ1) is 30.7. The number of halogens is 3. The molecule has 0 amide bonds. The summed E-state index contributed by atoms with van der Waals surface area (Å²) in [5, 5.41) is 28.5. The molecule has 10 nitrogen and oxygen atoms in total. The predicted octanol–water partition coefficient (Wildman–Crippen LogP) is 6.81. The first-order valence-corrected chi connectivity index (χ1v) is 14.7. The Hall–Kier alpha value is -5.27. The van der Waals surface area contributed by atoms with Crippen LogP contribution in [-0.4, -0.2) is 33.2 Å². The number of alkyl halides is 3. The van der Waals surface area contributed by atoms with Crippen LogP contribution in [0.4, 0.5) is 24.5 Å². The maximum Gasteiger partial charge on any atom is 0.413 e. The number of aromatic nitrogens is 2. The van der Waals surface area contributed by atoms with Crippen molar-refractivity contribution in [3.8, 4) is 23.6 Å². The molecule has 1 saturated carbocycles. The molecule has 0 radical (unpaired) electrons. The quantitative estimate of drug-likeness (QED) is 0.165. The summed E-state index contributed by atoms with van der Waals surface area (Å²) in [6.07, 6.45) is 1.41. The van der Waals surface area contributed by atoms with Crippen LogP contribution in [0.5, 0.6) is 0 Å². The van der Waals surface area contributed by atoms with Gasteiger partial charge in [-0.25, -0.2) is 4.98 Å². The van der Waals surface area contributed by atoms with Crippen molar-refractivity contribution < 1.29 is 17.6 Å². The molecule has 236 valence electrons. The molecule has 0 spiro atoms. The maximum atomic E-state index is 14.1. The van der Waals surface area contributed by atoms with Gasteiger partial charge in [-0.1, -0.05) is 32.9 Å². The maximum absolute atomic E-state index is 14.1. The number of nitriles is 2. The average molecular weight is 628 g/mol. The zero-order valence-corrected chi connectivity index (χ0v) is 25.7. The highest BCUT2D eigenvalue weighted by Gasteiger charge is 2.67. The van der Waals surface area contributed by atoms with Crippen LogP contribution >= 0.6 is 0 Å². The van der Waals surface area contributed by atoms with Crippen LogP contribution < -0.4 is 21.6 Å². The number of nitrogens with zero attached hydrogens (tertiary/aromatic N) is 5. The Labute approximate surface area is 263 Å². The molecular formula is C33H32F3N9O. The summed E-state index contributed by atoms with van der Waals surface area (Å²) in [5.74, 6) is 0.405. The minimum atomic E-state index is -4.43. The molecule has 0 saturated heterocycles. The molecular weight excluding hydrogens is 595 g/mol. The Morgan fingerprint density at radius 1 is 1.11 bits per heavy atom. The van der Waals surface area contributed by atoms with Gasteiger partial charge in [0.2, 0.25) is 5.89 Å². The number of pyridine rings is 1. The number of oxazole rings is 1. The lowest BCUT2D eigenvalue weighted by molar-refractivity contribution is -0.195. The van der Waals surface area contributed by atoms with Crippen molar-refractivity contribution in [2.75, 3.05) is 17.2 Å². The Kier molecular flexibility index (Phi) is 7.53. The van der Waals surface area contributed by atoms with Crippen molar-refractivity contribution in [2.45, 2.75) is 58.3 Å². The van der Waals surface area contributed by atoms with Crippen LogP contribution in [0.25, 0.3) is 22.4 Å². The molecule has 2 aromatic heterocycles. The fourth-order valence-electron chi connectivity index (χ4n) is 5.63. The third kappa shape index (κ3) is 5.54. The number of rotatable bonds is 8. The molecule has 1 fully saturated rings. The van der Waals surface area contributed by atoms with E-state index in [0.29, 0.717) is 46.0 Å². The molecule has 1 aliphatic heterocycles. The predicted molar refractivity (Wildman–Crippen MR) is 166 cm³/mol. The van der Waals surface area contributed by atoms with E-state index in [1.807, 2.05) is 25.1 Å². The molecule has 1 aliphatic carbocycles. The third-order valence-corrected chi connectivity index (χ3v) is 8.28. The topological polar surface area (TPSA) is 138 Å². The van der Waals surface area contributed by atoms with Gasteiger partial charge >= 0.3 is 6.18 Å². The van der Waals surface area contributed by atoms with Crippen LogP contribution in [-0.2, 0) is 0 Å². The standard InChI is InChI=1S/C33H32F3N9O/c1-19-23(6-5-7-24(19)30-39-10-11-46-30)29(26-17-45(44-43-26)32(8-9-32)33(34,35)36)42-22-12-20(14-37)27-25(13-22)28(21(15-38)16-40-27)41-18-31(2,3)4/h5-7,10-13,16-17,29,42-44H,8-9,18H2,1-4H3,(H,40,41)/t29-/m0/s1. The van der Waals surface area contributed by atoms with Gasteiger partial charge in [0.1, 0.15) is 18.4 Å². The highest BCUT2D eigenvalue weighted by molar-refractivity contribution is 5.99. The Morgan fingerprint density at radius 3 is 2.50 bits per heavy atom. The summed E-state index contributed by atoms with van der Waals surface area (Å²) in [7, 11) is 0. The number of fused-ring (bicyclic) bond motifs is 1. The molecule has 1 atom stereocenters. The summed E-state index contributed by atoms with van der Waals surface area (Å²) in [6.45, 7) is 8.63. The van der Waals surface area contributed by atoms with E-state index >= 15 is 0 Å². The van der Waals surface area contributed by atoms with E-state index in [-0.39, 0.29) is 23.8 Å². The van der Waals surface area contributed by atoms with E-state index in [2.05, 4.69) is 64.5 Å². The van der Waals surface area contributed by atoms with E-state index in [9.17, 15) is 23.7 Å². The highest BCUT2D eigenvalue weighted by atomic mass is 19.4. The normalized spacial score (nSPS) is 16.3. The van der Waals surface area contributed by atoms with Crippen molar-refractivity contribution in [1.29, 1.82) is 10.5 Å². The second kappa shape index (κ2) is 11.3. The average Bonchev–Trinajstić information content (AvgIpc) is 3.41. The monoisotopic (exact) mass is 627 g/mol. The van der Waals surface area contributed by atoms with Crippen LogP contribution in [0, 0.1) is 35.0 Å². The SMILES string of the molecule is Cc1c(-c2ncco2)cccc1[C@H](Nc1cc(C#N)c2ncc(C#N)c(NCC(C)(C)C)c2c1)C1=CN(C2(C(F)(F)F)CC2)NN1. The molecule has 6 rings (SSSR count). The Balaban J connectivity index is 1.48. The lowest BCUT2D eigenvalue weighted by Gasteiger charge is -2.28. The number of benzene rings is 2. The minimum absolute atomic E-state index is 0.0273. The number of nitrogens with one attached hydrogen (secondary N) is 4. The first-order valence-electron chi connectivity index (χ1n) is 14.7. The molecule has 4 aromatic rings. The van der Waals surface area contributed by atoms with E-state index in [1.54, 1.807) is 18.3 Å². The number of anilines is 2. The lowest BCUT2D eigenvalue weighted by atomic mass is 9.94. The van der Waals surface area contributed by atoms with E-state index in [0.717, 1.165) is 21.7 Å². The summed E-state index contributed by atoms with van der Waals surface area (Å²) in [4.78, 5) is 8.71. The van der Waals surface area contributed by atoms with Gasteiger partial charge in [-0.15, -0.1) is 5.53 Å². The zero-order chi connectivity index (χ0) is 32.9. The Morgan fingerprint density at radius 2 is 1.87 bits per heavy atom. The Bertz CT molecular complexity index is 1910. The molecule has 4 N–H and O–H groups in total. The fraction of sp³-hybridized carbons (Fsp3) is 0.333. The molecule has 13 heteroatoms. The van der Waals surface area contributed by atoms with Gasteiger partial charge in [0.25, 0.3) is 0 Å². The van der Waals surface area contributed by atoms with Gasteiger partial charge in [-0.3, -0.25) is 9.99 Å². The second-order valence-corrected chi connectivity index (χ2v) is 12.8. The van der Waals surface area contributed by atoms with Gasteiger partial charge < -0.3 is 20.5 Å². The molecule has 46 heavy (non-hydrogen) atoms. The largest absolute Gasteiger partial charge is 0.445 e. The summed E-state index contributed by atoms with van der Waals surface area (Å²) in [6, 6.07) is 12.7. The van der Waals surface area contributed by atoms with Gasteiger partial charge in [0.05, 0.1) is 40.3 Å². The van der Waals surface area contributed by atoms with Gasteiger partial charge in [0, 0.05) is 35.6 Å².